The number of carboxylic acids is 1. The zero-order valence-electron chi connectivity index (χ0n) is 17.8. The van der Waals surface area contributed by atoms with Gasteiger partial charge in [-0.25, -0.2) is 9.78 Å². The van der Waals surface area contributed by atoms with Gasteiger partial charge < -0.3 is 14.3 Å². The zero-order valence-corrected chi connectivity index (χ0v) is 17.8. The molecule has 0 amide bonds. The molecule has 0 saturated carbocycles. The van der Waals surface area contributed by atoms with Crippen molar-refractivity contribution in [1.82, 2.24) is 4.98 Å². The molecule has 2 heterocycles. The number of aromatic carboxylic acids is 1. The summed E-state index contributed by atoms with van der Waals surface area (Å²) in [6.45, 7) is 4.21. The van der Waals surface area contributed by atoms with E-state index in [0.29, 0.717) is 34.7 Å². The molecule has 158 valence electrons. The first-order valence-electron chi connectivity index (χ1n) is 10.4. The predicted molar refractivity (Wildman–Crippen MR) is 124 cm³/mol. The third-order valence-electron chi connectivity index (χ3n) is 5.67. The van der Waals surface area contributed by atoms with Gasteiger partial charge in [-0.2, -0.15) is 0 Å². The molecule has 5 aromatic rings. The van der Waals surface area contributed by atoms with Crippen LogP contribution >= 0.6 is 0 Å². The Bertz CT molecular complexity index is 1470. The maximum atomic E-state index is 12.3. The van der Waals surface area contributed by atoms with Crippen LogP contribution in [0.3, 0.4) is 0 Å². The highest BCUT2D eigenvalue weighted by molar-refractivity contribution is 6.07. The molecule has 32 heavy (non-hydrogen) atoms. The lowest BCUT2D eigenvalue weighted by Crippen LogP contribution is -2.04. The molecule has 2 aromatic heterocycles. The average Bonchev–Trinajstić information content (AvgIpc) is 3.15. The van der Waals surface area contributed by atoms with Crippen molar-refractivity contribution in [2.45, 2.75) is 20.5 Å². The SMILES string of the molecule is Cc1c(-c2cc(C(=O)O)c3c(OCc4ccccc4)ccc(C)c3n2)oc2ccccc12. The van der Waals surface area contributed by atoms with Crippen molar-refractivity contribution in [2.75, 3.05) is 0 Å². The van der Waals surface area contributed by atoms with Gasteiger partial charge >= 0.3 is 5.97 Å². The van der Waals surface area contributed by atoms with Crippen molar-refractivity contribution in [3.05, 3.63) is 95.1 Å². The minimum absolute atomic E-state index is 0.136. The van der Waals surface area contributed by atoms with Crippen molar-refractivity contribution in [3.8, 4) is 17.2 Å². The highest BCUT2D eigenvalue weighted by Crippen LogP contribution is 2.37. The molecule has 0 aliphatic carbocycles. The molecule has 5 rings (SSSR count). The standard InChI is InChI=1S/C27H21NO4/c1-16-12-13-23(31-15-18-8-4-3-5-9-18)24-20(27(29)30)14-21(28-25(16)24)26-17(2)19-10-6-7-11-22(19)32-26/h3-14H,15H2,1-2H3,(H,29,30). The largest absolute Gasteiger partial charge is 0.488 e. The van der Waals surface area contributed by atoms with Crippen LogP contribution in [0.5, 0.6) is 5.75 Å². The van der Waals surface area contributed by atoms with Crippen molar-refractivity contribution >= 4 is 27.8 Å². The van der Waals surface area contributed by atoms with E-state index < -0.39 is 5.97 Å². The highest BCUT2D eigenvalue weighted by Gasteiger charge is 2.21. The molecule has 5 heteroatoms. The van der Waals surface area contributed by atoms with E-state index in [-0.39, 0.29) is 5.56 Å². The number of rotatable bonds is 5. The summed E-state index contributed by atoms with van der Waals surface area (Å²) in [5, 5.41) is 11.5. The van der Waals surface area contributed by atoms with E-state index >= 15 is 0 Å². The van der Waals surface area contributed by atoms with Crippen LogP contribution in [0.25, 0.3) is 33.3 Å². The number of fused-ring (bicyclic) bond motifs is 2. The number of aromatic nitrogens is 1. The van der Waals surface area contributed by atoms with Crippen LogP contribution in [0.15, 0.2) is 77.2 Å². The summed E-state index contributed by atoms with van der Waals surface area (Å²) in [4.78, 5) is 17.1. The summed E-state index contributed by atoms with van der Waals surface area (Å²) >= 11 is 0. The molecule has 0 aliphatic heterocycles. The summed E-state index contributed by atoms with van der Waals surface area (Å²) in [5.41, 5.74) is 4.76. The first-order chi connectivity index (χ1) is 15.5. The van der Waals surface area contributed by atoms with Crippen molar-refractivity contribution < 1.29 is 19.1 Å². The fraction of sp³-hybridized carbons (Fsp3) is 0.111. The normalized spacial score (nSPS) is 11.2. The number of aryl methyl sites for hydroxylation is 2. The number of ether oxygens (including phenoxy) is 1. The van der Waals surface area contributed by atoms with Crippen LogP contribution in [0.4, 0.5) is 0 Å². The fourth-order valence-electron chi connectivity index (χ4n) is 4.00. The van der Waals surface area contributed by atoms with Gasteiger partial charge in [-0.1, -0.05) is 54.6 Å². The number of hydrogen-bond donors (Lipinski definition) is 1. The van der Waals surface area contributed by atoms with Gasteiger partial charge in [0.15, 0.2) is 5.76 Å². The van der Waals surface area contributed by atoms with Gasteiger partial charge in [-0.05, 0) is 43.2 Å². The Labute approximate surface area is 184 Å². The second-order valence-corrected chi connectivity index (χ2v) is 7.79. The molecular weight excluding hydrogens is 402 g/mol. The molecule has 0 bridgehead atoms. The molecule has 0 saturated heterocycles. The Morgan fingerprint density at radius 2 is 1.75 bits per heavy atom. The van der Waals surface area contributed by atoms with Crippen LogP contribution in [0, 0.1) is 13.8 Å². The molecular formula is C27H21NO4. The highest BCUT2D eigenvalue weighted by atomic mass is 16.5. The maximum absolute atomic E-state index is 12.3. The van der Waals surface area contributed by atoms with E-state index in [1.807, 2.05) is 74.5 Å². The van der Waals surface area contributed by atoms with Crippen molar-refractivity contribution in [3.63, 3.8) is 0 Å². The van der Waals surface area contributed by atoms with E-state index in [4.69, 9.17) is 14.1 Å². The lowest BCUT2D eigenvalue weighted by Gasteiger charge is -2.14. The molecule has 0 unspecified atom stereocenters. The van der Waals surface area contributed by atoms with Gasteiger partial charge in [0, 0.05) is 10.9 Å². The molecule has 0 atom stereocenters. The van der Waals surface area contributed by atoms with Crippen LogP contribution in [-0.4, -0.2) is 16.1 Å². The number of carbonyl (C=O) groups is 1. The summed E-state index contributed by atoms with van der Waals surface area (Å²) in [6, 6.07) is 22.8. The number of hydrogen-bond acceptors (Lipinski definition) is 4. The molecule has 3 aromatic carbocycles. The summed E-state index contributed by atoms with van der Waals surface area (Å²) in [6.07, 6.45) is 0. The van der Waals surface area contributed by atoms with Gasteiger partial charge in [0.05, 0.1) is 16.5 Å². The molecule has 0 fully saturated rings. The second kappa shape index (κ2) is 7.85. The zero-order chi connectivity index (χ0) is 22.2. The van der Waals surface area contributed by atoms with Crippen LogP contribution in [-0.2, 0) is 6.61 Å². The van der Waals surface area contributed by atoms with E-state index in [1.54, 1.807) is 12.1 Å². The monoisotopic (exact) mass is 423 g/mol. The number of furan rings is 1. The Kier molecular flexibility index (Phi) is 4.86. The fourth-order valence-corrected chi connectivity index (χ4v) is 4.00. The Morgan fingerprint density at radius 1 is 1.00 bits per heavy atom. The molecule has 1 N–H and O–H groups in total. The number of benzene rings is 3. The van der Waals surface area contributed by atoms with Gasteiger partial charge in [-0.15, -0.1) is 0 Å². The first-order valence-corrected chi connectivity index (χ1v) is 10.4. The van der Waals surface area contributed by atoms with Crippen LogP contribution in [0.1, 0.15) is 27.0 Å². The number of para-hydroxylation sites is 1. The molecule has 0 radical (unpaired) electrons. The lowest BCUT2D eigenvalue weighted by atomic mass is 10.0. The smallest absolute Gasteiger partial charge is 0.336 e. The quantitative estimate of drug-likeness (QED) is 0.347. The third-order valence-corrected chi connectivity index (χ3v) is 5.67. The Morgan fingerprint density at radius 3 is 2.50 bits per heavy atom. The molecule has 0 spiro atoms. The lowest BCUT2D eigenvalue weighted by molar-refractivity contribution is 0.0698. The summed E-state index contributed by atoms with van der Waals surface area (Å²) in [7, 11) is 0. The minimum Gasteiger partial charge on any atom is -0.488 e. The predicted octanol–water partition coefficient (Wildman–Crippen LogP) is 6.54. The van der Waals surface area contributed by atoms with Gasteiger partial charge in [0.1, 0.15) is 23.6 Å². The van der Waals surface area contributed by atoms with E-state index in [2.05, 4.69) is 0 Å². The van der Waals surface area contributed by atoms with Crippen molar-refractivity contribution in [1.29, 1.82) is 0 Å². The van der Waals surface area contributed by atoms with Gasteiger partial charge in [0.25, 0.3) is 0 Å². The van der Waals surface area contributed by atoms with Gasteiger partial charge in [-0.3, -0.25) is 0 Å². The van der Waals surface area contributed by atoms with E-state index in [0.717, 1.165) is 27.7 Å². The van der Waals surface area contributed by atoms with E-state index in [1.165, 1.54) is 0 Å². The summed E-state index contributed by atoms with van der Waals surface area (Å²) < 4.78 is 12.1. The van der Waals surface area contributed by atoms with Crippen LogP contribution in [0.2, 0.25) is 0 Å². The third kappa shape index (κ3) is 3.38. The average molecular weight is 423 g/mol. The van der Waals surface area contributed by atoms with Crippen molar-refractivity contribution in [2.24, 2.45) is 0 Å². The number of pyridine rings is 1. The Balaban J connectivity index is 1.68. The van der Waals surface area contributed by atoms with Gasteiger partial charge in [0.2, 0.25) is 0 Å². The second-order valence-electron chi connectivity index (χ2n) is 7.79. The molecule has 0 aliphatic rings. The summed E-state index contributed by atoms with van der Waals surface area (Å²) in [5.74, 6) is 0.0282. The van der Waals surface area contributed by atoms with E-state index in [9.17, 15) is 9.90 Å². The number of nitrogens with zero attached hydrogens (tertiary/aromatic N) is 1. The van der Waals surface area contributed by atoms with Crippen LogP contribution < -0.4 is 4.74 Å². The minimum atomic E-state index is -1.04. The molecule has 5 nitrogen and oxygen atoms in total. The Hall–Kier alpha value is -4.12. The number of carboxylic acid groups (broad SMARTS) is 1. The maximum Gasteiger partial charge on any atom is 0.336 e. The first kappa shape index (κ1) is 19.8. The topological polar surface area (TPSA) is 72.6 Å².